The third-order valence-electron chi connectivity index (χ3n) is 5.16. The summed E-state index contributed by atoms with van der Waals surface area (Å²) < 4.78 is 10.8. The highest BCUT2D eigenvalue weighted by atomic mass is 16.5. The topological polar surface area (TPSA) is 59.5 Å². The van der Waals surface area contributed by atoms with E-state index in [-0.39, 0.29) is 0 Å². The van der Waals surface area contributed by atoms with Crippen molar-refractivity contribution < 1.29 is 9.47 Å². The van der Waals surface area contributed by atoms with Gasteiger partial charge >= 0.3 is 0 Å². The highest BCUT2D eigenvalue weighted by Gasteiger charge is 2.23. The molecule has 1 atom stereocenters. The zero-order chi connectivity index (χ0) is 19.5. The Morgan fingerprint density at radius 2 is 1.68 bits per heavy atom. The van der Waals surface area contributed by atoms with Crippen molar-refractivity contribution in [2.75, 3.05) is 37.5 Å². The number of nitrogens with one attached hydrogen (secondary N) is 1. The predicted octanol–water partition coefficient (Wildman–Crippen LogP) is 4.04. The highest BCUT2D eigenvalue weighted by molar-refractivity contribution is 5.76. The molecule has 0 radical (unpaired) electrons. The number of anilines is 2. The van der Waals surface area contributed by atoms with E-state index in [4.69, 9.17) is 19.4 Å². The molecule has 1 aliphatic heterocycles. The smallest absolute Gasteiger partial charge is 0.150 e. The number of hydrogen-bond acceptors (Lipinski definition) is 6. The number of para-hydroxylation sites is 2. The molecule has 1 N–H and O–H groups in total. The average Bonchev–Trinajstić information content (AvgIpc) is 2.73. The molecule has 0 saturated carbocycles. The van der Waals surface area contributed by atoms with Crippen molar-refractivity contribution in [3.63, 3.8) is 0 Å². The Kier molecular flexibility index (Phi) is 5.19. The van der Waals surface area contributed by atoms with Gasteiger partial charge in [0.15, 0.2) is 5.82 Å². The zero-order valence-corrected chi connectivity index (χ0v) is 16.6. The van der Waals surface area contributed by atoms with Gasteiger partial charge in [0, 0.05) is 43.0 Å². The van der Waals surface area contributed by atoms with Gasteiger partial charge in [-0.2, -0.15) is 0 Å². The molecular formula is C22H26N4O2. The number of aryl methyl sites for hydroxylation is 1. The van der Waals surface area contributed by atoms with Gasteiger partial charge in [0.2, 0.25) is 0 Å². The summed E-state index contributed by atoms with van der Waals surface area (Å²) in [5.74, 6) is 2.55. The van der Waals surface area contributed by atoms with Crippen LogP contribution in [0.25, 0.3) is 11.0 Å². The second-order valence-corrected chi connectivity index (χ2v) is 7.15. The van der Waals surface area contributed by atoms with Gasteiger partial charge in [-0.05, 0) is 31.9 Å². The molecule has 146 valence electrons. The Morgan fingerprint density at radius 3 is 2.36 bits per heavy atom. The van der Waals surface area contributed by atoms with E-state index in [9.17, 15) is 0 Å². The van der Waals surface area contributed by atoms with Crippen molar-refractivity contribution in [1.29, 1.82) is 0 Å². The molecule has 0 aliphatic carbocycles. The average molecular weight is 378 g/mol. The number of aromatic nitrogens is 2. The maximum absolute atomic E-state index is 5.38. The van der Waals surface area contributed by atoms with Gasteiger partial charge in [-0.25, -0.2) is 9.97 Å². The number of piperidine rings is 1. The van der Waals surface area contributed by atoms with Crippen LogP contribution in [0.1, 0.15) is 18.5 Å². The molecule has 1 saturated heterocycles. The van der Waals surface area contributed by atoms with Gasteiger partial charge in [0.1, 0.15) is 11.5 Å². The van der Waals surface area contributed by atoms with Gasteiger partial charge in [-0.3, -0.25) is 0 Å². The summed E-state index contributed by atoms with van der Waals surface area (Å²) in [4.78, 5) is 12.0. The molecule has 28 heavy (non-hydrogen) atoms. The van der Waals surface area contributed by atoms with Crippen LogP contribution in [0.15, 0.2) is 42.5 Å². The van der Waals surface area contributed by atoms with Crippen molar-refractivity contribution in [3.8, 4) is 11.5 Å². The van der Waals surface area contributed by atoms with E-state index in [2.05, 4.69) is 10.2 Å². The van der Waals surface area contributed by atoms with Crippen LogP contribution < -0.4 is 19.7 Å². The Labute approximate surface area is 165 Å². The predicted molar refractivity (Wildman–Crippen MR) is 113 cm³/mol. The van der Waals surface area contributed by atoms with Crippen LogP contribution in [0.5, 0.6) is 11.5 Å². The maximum Gasteiger partial charge on any atom is 0.150 e. The number of ether oxygens (including phenoxy) is 2. The number of fused-ring (bicyclic) bond motifs is 1. The van der Waals surface area contributed by atoms with Crippen LogP contribution in [-0.4, -0.2) is 43.3 Å². The van der Waals surface area contributed by atoms with Crippen LogP contribution in [0.4, 0.5) is 11.5 Å². The summed E-state index contributed by atoms with van der Waals surface area (Å²) in [6.07, 6.45) is 2.21. The number of methoxy groups -OCH3 is 2. The second kappa shape index (κ2) is 7.92. The third-order valence-corrected chi connectivity index (χ3v) is 5.16. The molecule has 0 amide bonds. The lowest BCUT2D eigenvalue weighted by Gasteiger charge is -2.35. The number of hydrogen-bond donors (Lipinski definition) is 1. The number of benzene rings is 2. The molecule has 3 aromatic rings. The minimum Gasteiger partial charge on any atom is -0.497 e. The SMILES string of the molecule is COc1cc(NC2CCCN(c3nc4ccccc4nc3C)C2)cc(OC)c1. The highest BCUT2D eigenvalue weighted by Crippen LogP contribution is 2.28. The van der Waals surface area contributed by atoms with E-state index in [0.717, 1.165) is 65.7 Å². The minimum absolute atomic E-state index is 0.318. The van der Waals surface area contributed by atoms with Crippen LogP contribution in [-0.2, 0) is 0 Å². The first-order chi connectivity index (χ1) is 13.7. The monoisotopic (exact) mass is 378 g/mol. The maximum atomic E-state index is 5.38. The minimum atomic E-state index is 0.318. The van der Waals surface area contributed by atoms with E-state index in [1.807, 2.05) is 49.4 Å². The molecule has 1 aromatic heterocycles. The van der Waals surface area contributed by atoms with Crippen LogP contribution >= 0.6 is 0 Å². The molecular weight excluding hydrogens is 352 g/mol. The molecule has 4 rings (SSSR count). The molecule has 0 spiro atoms. The van der Waals surface area contributed by atoms with Crippen molar-refractivity contribution >= 4 is 22.5 Å². The van der Waals surface area contributed by atoms with Gasteiger partial charge in [-0.15, -0.1) is 0 Å². The van der Waals surface area contributed by atoms with E-state index in [1.165, 1.54) is 0 Å². The van der Waals surface area contributed by atoms with Gasteiger partial charge in [-0.1, -0.05) is 12.1 Å². The Balaban J connectivity index is 1.54. The van der Waals surface area contributed by atoms with Crippen molar-refractivity contribution in [1.82, 2.24) is 9.97 Å². The Hall–Kier alpha value is -3.02. The summed E-state index contributed by atoms with van der Waals surface area (Å²) in [5.41, 5.74) is 3.86. The van der Waals surface area contributed by atoms with E-state index in [0.29, 0.717) is 6.04 Å². The zero-order valence-electron chi connectivity index (χ0n) is 16.6. The van der Waals surface area contributed by atoms with Gasteiger partial charge < -0.3 is 19.7 Å². The Morgan fingerprint density at radius 1 is 1.00 bits per heavy atom. The van der Waals surface area contributed by atoms with Crippen molar-refractivity contribution in [3.05, 3.63) is 48.2 Å². The molecule has 6 heteroatoms. The van der Waals surface area contributed by atoms with Crippen molar-refractivity contribution in [2.24, 2.45) is 0 Å². The second-order valence-electron chi connectivity index (χ2n) is 7.15. The lowest BCUT2D eigenvalue weighted by molar-refractivity contribution is 0.394. The van der Waals surface area contributed by atoms with Crippen LogP contribution in [0.2, 0.25) is 0 Å². The van der Waals surface area contributed by atoms with E-state index in [1.54, 1.807) is 14.2 Å². The van der Waals surface area contributed by atoms with E-state index >= 15 is 0 Å². The third kappa shape index (κ3) is 3.81. The lowest BCUT2D eigenvalue weighted by atomic mass is 10.0. The fourth-order valence-corrected chi connectivity index (χ4v) is 3.79. The fourth-order valence-electron chi connectivity index (χ4n) is 3.79. The molecule has 1 aliphatic rings. The first-order valence-corrected chi connectivity index (χ1v) is 9.64. The lowest BCUT2D eigenvalue weighted by Crippen LogP contribution is -2.43. The quantitative estimate of drug-likeness (QED) is 0.723. The Bertz CT molecular complexity index is 954. The first-order valence-electron chi connectivity index (χ1n) is 9.64. The molecule has 2 aromatic carbocycles. The van der Waals surface area contributed by atoms with Crippen LogP contribution in [0, 0.1) is 6.92 Å². The molecule has 1 fully saturated rings. The molecule has 1 unspecified atom stereocenters. The number of nitrogens with zero attached hydrogens (tertiary/aromatic N) is 3. The van der Waals surface area contributed by atoms with Crippen molar-refractivity contribution in [2.45, 2.75) is 25.8 Å². The first kappa shape index (κ1) is 18.3. The molecule has 2 heterocycles. The van der Waals surface area contributed by atoms with Crippen LogP contribution in [0.3, 0.4) is 0 Å². The largest absolute Gasteiger partial charge is 0.497 e. The summed E-state index contributed by atoms with van der Waals surface area (Å²) in [5, 5.41) is 3.64. The summed E-state index contributed by atoms with van der Waals surface area (Å²) in [6.45, 7) is 3.92. The fraction of sp³-hybridized carbons (Fsp3) is 0.364. The van der Waals surface area contributed by atoms with Gasteiger partial charge in [0.25, 0.3) is 0 Å². The summed E-state index contributed by atoms with van der Waals surface area (Å²) >= 11 is 0. The normalized spacial score (nSPS) is 16.8. The summed E-state index contributed by atoms with van der Waals surface area (Å²) in [7, 11) is 3.34. The summed E-state index contributed by atoms with van der Waals surface area (Å²) in [6, 6.07) is 14.2. The standard InChI is InChI=1S/C22H26N4O2/c1-15-22(25-21-9-5-4-8-20(21)23-15)26-10-6-7-16(14-26)24-17-11-18(27-2)13-19(12-17)28-3/h4-5,8-9,11-13,16,24H,6-7,10,14H2,1-3H3. The number of rotatable bonds is 5. The molecule has 6 nitrogen and oxygen atoms in total. The molecule has 0 bridgehead atoms. The van der Waals surface area contributed by atoms with Gasteiger partial charge in [0.05, 0.1) is 30.9 Å². The van der Waals surface area contributed by atoms with E-state index < -0.39 is 0 Å².